The first-order valence-corrected chi connectivity index (χ1v) is 9.88. The monoisotopic (exact) mass is 401 g/mol. The van der Waals surface area contributed by atoms with Crippen molar-refractivity contribution in [1.82, 2.24) is 14.4 Å². The van der Waals surface area contributed by atoms with E-state index in [1.54, 1.807) is 19.2 Å². The lowest BCUT2D eigenvalue weighted by Gasteiger charge is -2.28. The number of carbonyl (C=O) groups excluding carboxylic acids is 2. The van der Waals surface area contributed by atoms with E-state index in [9.17, 15) is 14.0 Å². The molecule has 0 bridgehead atoms. The lowest BCUT2D eigenvalue weighted by atomic mass is 10.1. The van der Waals surface area contributed by atoms with Crippen molar-refractivity contribution in [3.63, 3.8) is 0 Å². The Morgan fingerprint density at radius 2 is 1.90 bits per heavy atom. The highest BCUT2D eigenvalue weighted by molar-refractivity contribution is 5.86. The summed E-state index contributed by atoms with van der Waals surface area (Å²) in [6, 6.07) is 10.1. The summed E-state index contributed by atoms with van der Waals surface area (Å²) < 4.78 is 20.2. The molecule has 1 aromatic heterocycles. The maximum atomic E-state index is 13.1. The summed E-state index contributed by atoms with van der Waals surface area (Å²) in [5, 5.41) is 0. The summed E-state index contributed by atoms with van der Waals surface area (Å²) in [5.74, 6) is -0.567. The van der Waals surface area contributed by atoms with Crippen molar-refractivity contribution in [1.29, 1.82) is 0 Å². The van der Waals surface area contributed by atoms with Crippen molar-refractivity contribution < 1.29 is 18.7 Å². The van der Waals surface area contributed by atoms with Gasteiger partial charge in [-0.3, -0.25) is 9.59 Å². The maximum Gasteiger partial charge on any atom is 0.242 e. The van der Waals surface area contributed by atoms with Crippen LogP contribution in [-0.2, 0) is 34.3 Å². The third kappa shape index (κ3) is 5.90. The van der Waals surface area contributed by atoms with Crippen LogP contribution >= 0.6 is 0 Å². The molecule has 0 saturated heterocycles. The smallest absolute Gasteiger partial charge is 0.242 e. The number of benzene rings is 1. The second-order valence-corrected chi connectivity index (χ2v) is 7.47. The summed E-state index contributed by atoms with van der Waals surface area (Å²) >= 11 is 0. The van der Waals surface area contributed by atoms with Gasteiger partial charge in [0, 0.05) is 38.6 Å². The van der Waals surface area contributed by atoms with Gasteiger partial charge in [0.25, 0.3) is 0 Å². The molecule has 1 aliphatic carbocycles. The van der Waals surface area contributed by atoms with Crippen molar-refractivity contribution in [2.75, 3.05) is 26.8 Å². The molecule has 6 nitrogen and oxygen atoms in total. The maximum absolute atomic E-state index is 13.1. The van der Waals surface area contributed by atoms with Gasteiger partial charge < -0.3 is 19.1 Å². The molecule has 1 aliphatic rings. The molecule has 1 saturated carbocycles. The fraction of sp³-hybridized carbons (Fsp3) is 0.455. The number of rotatable bonds is 10. The molecule has 1 aromatic carbocycles. The molecule has 29 heavy (non-hydrogen) atoms. The van der Waals surface area contributed by atoms with Crippen molar-refractivity contribution in [3.05, 3.63) is 59.7 Å². The molecule has 0 aliphatic heterocycles. The Labute approximate surface area is 170 Å². The van der Waals surface area contributed by atoms with Crippen molar-refractivity contribution in [3.8, 4) is 0 Å². The number of ether oxygens (including phenoxy) is 1. The van der Waals surface area contributed by atoms with Gasteiger partial charge in [-0.05, 0) is 42.7 Å². The molecule has 0 spiro atoms. The van der Waals surface area contributed by atoms with Gasteiger partial charge in [0.2, 0.25) is 11.8 Å². The molecule has 2 aromatic rings. The van der Waals surface area contributed by atoms with Crippen LogP contribution in [0, 0.1) is 5.82 Å². The van der Waals surface area contributed by atoms with Crippen LogP contribution in [0.1, 0.15) is 24.1 Å². The van der Waals surface area contributed by atoms with E-state index in [0.29, 0.717) is 25.3 Å². The summed E-state index contributed by atoms with van der Waals surface area (Å²) in [5.41, 5.74) is 1.78. The van der Waals surface area contributed by atoms with E-state index in [0.717, 1.165) is 18.5 Å². The highest BCUT2D eigenvalue weighted by atomic mass is 19.1. The Morgan fingerprint density at radius 3 is 2.48 bits per heavy atom. The van der Waals surface area contributed by atoms with Gasteiger partial charge in [0.1, 0.15) is 5.82 Å². The molecule has 0 atom stereocenters. The zero-order valence-corrected chi connectivity index (χ0v) is 17.0. The number of methoxy groups -OCH3 is 1. The van der Waals surface area contributed by atoms with E-state index in [1.807, 2.05) is 34.8 Å². The molecular formula is C22H28FN3O3. The van der Waals surface area contributed by atoms with E-state index in [1.165, 1.54) is 17.0 Å². The number of halogens is 1. The van der Waals surface area contributed by atoms with E-state index >= 15 is 0 Å². The Kier molecular flexibility index (Phi) is 7.04. The molecule has 7 heteroatoms. The second kappa shape index (κ2) is 9.69. The minimum absolute atomic E-state index is 0.0182. The topological polar surface area (TPSA) is 54.8 Å². The van der Waals surface area contributed by atoms with Crippen molar-refractivity contribution >= 4 is 11.8 Å². The SMILES string of the molecule is COCCN(CC(=O)N(Cc1cccn1C)C1CC1)C(=O)Cc1ccc(F)cc1. The summed E-state index contributed by atoms with van der Waals surface area (Å²) in [4.78, 5) is 29.3. The fourth-order valence-corrected chi connectivity index (χ4v) is 3.28. The first-order chi connectivity index (χ1) is 14.0. The normalized spacial score (nSPS) is 13.3. The minimum Gasteiger partial charge on any atom is -0.383 e. The average Bonchev–Trinajstić information content (AvgIpc) is 3.46. The summed E-state index contributed by atoms with van der Waals surface area (Å²) in [7, 11) is 3.53. The average molecular weight is 401 g/mol. The molecule has 0 unspecified atom stereocenters. The number of carbonyl (C=O) groups is 2. The van der Waals surface area contributed by atoms with Crippen LogP contribution < -0.4 is 0 Å². The van der Waals surface area contributed by atoms with Crippen LogP contribution in [-0.4, -0.2) is 59.0 Å². The zero-order valence-electron chi connectivity index (χ0n) is 17.0. The van der Waals surface area contributed by atoms with Crippen LogP contribution in [0.15, 0.2) is 42.6 Å². The zero-order chi connectivity index (χ0) is 20.8. The summed E-state index contributed by atoms with van der Waals surface area (Å²) in [6.45, 7) is 1.25. The number of amides is 2. The minimum atomic E-state index is -0.339. The molecule has 0 radical (unpaired) electrons. The Hall–Kier alpha value is -2.67. The van der Waals surface area contributed by atoms with Crippen molar-refractivity contribution in [2.45, 2.75) is 31.8 Å². The number of aryl methyl sites for hydroxylation is 1. The highest BCUT2D eigenvalue weighted by Gasteiger charge is 2.34. The van der Waals surface area contributed by atoms with Gasteiger partial charge in [-0.2, -0.15) is 0 Å². The van der Waals surface area contributed by atoms with E-state index in [4.69, 9.17) is 4.74 Å². The van der Waals surface area contributed by atoms with Crippen LogP contribution in [0.5, 0.6) is 0 Å². The van der Waals surface area contributed by atoms with E-state index in [-0.39, 0.29) is 36.6 Å². The lowest BCUT2D eigenvalue weighted by Crippen LogP contribution is -2.45. The molecule has 1 fully saturated rings. The largest absolute Gasteiger partial charge is 0.383 e. The standard InChI is InChI=1S/C22H28FN3O3/c1-24-11-3-4-20(24)15-26(19-9-10-19)22(28)16-25(12-13-29-2)21(27)14-17-5-7-18(23)8-6-17/h3-8,11,19H,9-10,12-16H2,1-2H3. The first kappa shape index (κ1) is 21.0. The van der Waals surface area contributed by atoms with E-state index in [2.05, 4.69) is 0 Å². The molecule has 0 N–H and O–H groups in total. The Balaban J connectivity index is 1.67. The van der Waals surface area contributed by atoms with Crippen molar-refractivity contribution in [2.24, 2.45) is 7.05 Å². The van der Waals surface area contributed by atoms with Gasteiger partial charge in [-0.25, -0.2) is 4.39 Å². The quantitative estimate of drug-likeness (QED) is 0.614. The van der Waals surface area contributed by atoms with Gasteiger partial charge in [0.15, 0.2) is 0 Å². The number of aromatic nitrogens is 1. The Morgan fingerprint density at radius 1 is 1.17 bits per heavy atom. The van der Waals surface area contributed by atoms with Gasteiger partial charge in [-0.1, -0.05) is 12.1 Å². The lowest BCUT2D eigenvalue weighted by molar-refractivity contribution is -0.141. The van der Waals surface area contributed by atoms with Gasteiger partial charge in [0.05, 0.1) is 26.1 Å². The molecule has 3 rings (SSSR count). The molecule has 2 amide bonds. The van der Waals surface area contributed by atoms with Crippen LogP contribution in [0.4, 0.5) is 4.39 Å². The number of nitrogens with zero attached hydrogens (tertiary/aromatic N) is 3. The van der Waals surface area contributed by atoms with E-state index < -0.39 is 0 Å². The van der Waals surface area contributed by atoms with Crippen LogP contribution in [0.3, 0.4) is 0 Å². The highest BCUT2D eigenvalue weighted by Crippen LogP contribution is 2.28. The third-order valence-electron chi connectivity index (χ3n) is 5.20. The van der Waals surface area contributed by atoms with Crippen LogP contribution in [0.2, 0.25) is 0 Å². The fourth-order valence-electron chi connectivity index (χ4n) is 3.28. The summed E-state index contributed by atoms with van der Waals surface area (Å²) in [6.07, 6.45) is 4.08. The first-order valence-electron chi connectivity index (χ1n) is 9.88. The van der Waals surface area contributed by atoms with Crippen LogP contribution in [0.25, 0.3) is 0 Å². The molecule has 156 valence electrons. The molecular weight excluding hydrogens is 373 g/mol. The predicted octanol–water partition coefficient (Wildman–Crippen LogP) is 2.37. The Bertz CT molecular complexity index is 830. The number of hydrogen-bond donors (Lipinski definition) is 0. The number of hydrogen-bond acceptors (Lipinski definition) is 3. The van der Waals surface area contributed by atoms with Gasteiger partial charge in [-0.15, -0.1) is 0 Å². The third-order valence-corrected chi connectivity index (χ3v) is 5.20. The second-order valence-electron chi connectivity index (χ2n) is 7.47. The predicted molar refractivity (Wildman–Crippen MR) is 108 cm³/mol. The molecule has 1 heterocycles. The van der Waals surface area contributed by atoms with Gasteiger partial charge >= 0.3 is 0 Å².